The lowest BCUT2D eigenvalue weighted by molar-refractivity contribution is 0.102. The smallest absolute Gasteiger partial charge is 0.322 e. The first kappa shape index (κ1) is 16.6. The molecule has 24 heavy (non-hydrogen) atoms. The fourth-order valence-electron chi connectivity index (χ4n) is 2.39. The van der Waals surface area contributed by atoms with Crippen LogP contribution in [0.2, 0.25) is 0 Å². The number of aromatic nitrogens is 2. The number of carbonyl (C=O) groups excluding carboxylic acids is 1. The second-order valence-electron chi connectivity index (χ2n) is 5.54. The van der Waals surface area contributed by atoms with E-state index in [9.17, 15) is 4.79 Å². The number of aryl methyl sites for hydroxylation is 2. The molecule has 3 aromatic rings. The van der Waals surface area contributed by atoms with Crippen LogP contribution >= 0.6 is 22.6 Å². The minimum atomic E-state index is -0.262. The van der Waals surface area contributed by atoms with Crippen LogP contribution in [0.15, 0.2) is 46.9 Å². The summed E-state index contributed by atoms with van der Waals surface area (Å²) in [5, 5.41) is 10.6. The first-order valence-electron chi connectivity index (χ1n) is 7.47. The van der Waals surface area contributed by atoms with Crippen molar-refractivity contribution in [3.63, 3.8) is 0 Å². The van der Waals surface area contributed by atoms with Crippen molar-refractivity contribution in [2.24, 2.45) is 0 Å². The number of hydrogen-bond acceptors (Lipinski definition) is 4. The van der Waals surface area contributed by atoms with Gasteiger partial charge in [0, 0.05) is 3.57 Å². The van der Waals surface area contributed by atoms with Crippen molar-refractivity contribution in [1.29, 1.82) is 0 Å². The molecule has 2 aromatic carbocycles. The van der Waals surface area contributed by atoms with Crippen LogP contribution in [0.3, 0.4) is 0 Å². The lowest BCUT2D eigenvalue weighted by Crippen LogP contribution is -2.13. The second kappa shape index (κ2) is 7.12. The summed E-state index contributed by atoms with van der Waals surface area (Å²) in [6, 6.07) is 13.7. The fraction of sp³-hybridized carbons (Fsp3) is 0.167. The van der Waals surface area contributed by atoms with Gasteiger partial charge in [-0.1, -0.05) is 41.0 Å². The van der Waals surface area contributed by atoms with Gasteiger partial charge in [0.05, 0.1) is 12.0 Å². The molecule has 1 amide bonds. The molecule has 0 saturated heterocycles. The summed E-state index contributed by atoms with van der Waals surface area (Å²) in [7, 11) is 0. The van der Waals surface area contributed by atoms with Crippen LogP contribution in [0.5, 0.6) is 0 Å². The predicted octanol–water partition coefficient (Wildman–Crippen LogP) is 4.13. The van der Waals surface area contributed by atoms with Crippen molar-refractivity contribution in [2.75, 3.05) is 5.32 Å². The molecular formula is C18H16IN3O2. The van der Waals surface area contributed by atoms with Gasteiger partial charge in [0.15, 0.2) is 0 Å². The van der Waals surface area contributed by atoms with E-state index < -0.39 is 0 Å². The Hall–Kier alpha value is -2.22. The Morgan fingerprint density at radius 1 is 1.17 bits per heavy atom. The predicted molar refractivity (Wildman–Crippen MR) is 100 cm³/mol. The highest BCUT2D eigenvalue weighted by Gasteiger charge is 2.14. The van der Waals surface area contributed by atoms with Crippen LogP contribution in [0.1, 0.15) is 32.9 Å². The van der Waals surface area contributed by atoms with E-state index in [-0.39, 0.29) is 11.9 Å². The van der Waals surface area contributed by atoms with E-state index in [0.717, 1.165) is 9.13 Å². The first-order chi connectivity index (χ1) is 11.5. The molecule has 0 spiro atoms. The maximum atomic E-state index is 12.3. The molecule has 0 atom stereocenters. The number of nitrogens with one attached hydrogen (secondary N) is 1. The average molecular weight is 433 g/mol. The van der Waals surface area contributed by atoms with Crippen molar-refractivity contribution in [1.82, 2.24) is 10.2 Å². The molecule has 0 radical (unpaired) electrons. The highest BCUT2D eigenvalue weighted by atomic mass is 127. The van der Waals surface area contributed by atoms with Crippen LogP contribution in [0.25, 0.3) is 0 Å². The number of hydrogen-bond donors (Lipinski definition) is 1. The minimum absolute atomic E-state index is 0.111. The summed E-state index contributed by atoms with van der Waals surface area (Å²) in [6.45, 7) is 4.11. The molecule has 122 valence electrons. The van der Waals surface area contributed by atoms with E-state index in [0.29, 0.717) is 17.9 Å². The highest BCUT2D eigenvalue weighted by molar-refractivity contribution is 14.1. The van der Waals surface area contributed by atoms with E-state index in [2.05, 4.69) is 70.2 Å². The summed E-state index contributed by atoms with van der Waals surface area (Å²) in [5.74, 6) is 0.210. The minimum Gasteiger partial charge on any atom is -0.407 e. The standard InChI is InChI=1S/C18H16IN3O2/c1-11-7-8-13(12(2)9-11)10-16-21-22-18(24-16)20-17(23)14-5-3-4-6-15(14)19/h3-9H,10H2,1-2H3,(H,20,22,23). The molecular weight excluding hydrogens is 417 g/mol. The number of carbonyl (C=O) groups is 1. The van der Waals surface area contributed by atoms with E-state index in [4.69, 9.17) is 4.42 Å². The molecule has 0 bridgehead atoms. The molecule has 0 aliphatic heterocycles. The number of halogens is 1. The summed E-state index contributed by atoms with van der Waals surface area (Å²) in [6.07, 6.45) is 0.540. The van der Waals surface area contributed by atoms with Gasteiger partial charge >= 0.3 is 6.01 Å². The molecule has 0 saturated carbocycles. The largest absolute Gasteiger partial charge is 0.407 e. The maximum Gasteiger partial charge on any atom is 0.322 e. The molecule has 0 fully saturated rings. The zero-order valence-electron chi connectivity index (χ0n) is 13.3. The summed E-state index contributed by atoms with van der Waals surface area (Å²) in [4.78, 5) is 12.3. The number of nitrogens with zero attached hydrogens (tertiary/aromatic N) is 2. The molecule has 3 rings (SSSR count). The van der Waals surface area contributed by atoms with Gasteiger partial charge in [0.1, 0.15) is 0 Å². The summed E-state index contributed by atoms with van der Waals surface area (Å²) < 4.78 is 6.41. The zero-order chi connectivity index (χ0) is 17.1. The van der Waals surface area contributed by atoms with Crippen molar-refractivity contribution < 1.29 is 9.21 Å². The van der Waals surface area contributed by atoms with Gasteiger partial charge in [-0.3, -0.25) is 10.1 Å². The van der Waals surface area contributed by atoms with Crippen molar-refractivity contribution >= 4 is 34.5 Å². The lowest BCUT2D eigenvalue weighted by Gasteiger charge is -2.04. The molecule has 0 aliphatic carbocycles. The Morgan fingerprint density at radius 3 is 2.71 bits per heavy atom. The maximum absolute atomic E-state index is 12.3. The Kier molecular flexibility index (Phi) is 4.94. The summed E-state index contributed by atoms with van der Waals surface area (Å²) >= 11 is 2.12. The molecule has 0 aliphatic rings. The van der Waals surface area contributed by atoms with Gasteiger partial charge in [-0.2, -0.15) is 0 Å². The van der Waals surface area contributed by atoms with E-state index >= 15 is 0 Å². The molecule has 1 aromatic heterocycles. The van der Waals surface area contributed by atoms with Gasteiger partial charge in [-0.05, 0) is 59.7 Å². The van der Waals surface area contributed by atoms with E-state index in [1.54, 1.807) is 6.07 Å². The Balaban J connectivity index is 1.72. The number of benzene rings is 2. The number of rotatable bonds is 4. The Morgan fingerprint density at radius 2 is 1.96 bits per heavy atom. The highest BCUT2D eigenvalue weighted by Crippen LogP contribution is 2.17. The number of anilines is 1. The SMILES string of the molecule is Cc1ccc(Cc2nnc(NC(=O)c3ccccc3I)o2)c(C)c1. The normalized spacial score (nSPS) is 10.6. The van der Waals surface area contributed by atoms with Crippen LogP contribution in [0.4, 0.5) is 6.01 Å². The topological polar surface area (TPSA) is 68.0 Å². The van der Waals surface area contributed by atoms with Crippen LogP contribution < -0.4 is 5.32 Å². The van der Waals surface area contributed by atoms with Gasteiger partial charge in [0.2, 0.25) is 5.89 Å². The third kappa shape index (κ3) is 3.81. The number of amides is 1. The van der Waals surface area contributed by atoms with E-state index in [1.165, 1.54) is 11.1 Å². The molecule has 0 unspecified atom stereocenters. The molecule has 1 N–H and O–H groups in total. The second-order valence-corrected chi connectivity index (χ2v) is 6.70. The van der Waals surface area contributed by atoms with Crippen molar-refractivity contribution in [3.05, 3.63) is 74.2 Å². The summed E-state index contributed by atoms with van der Waals surface area (Å²) in [5.41, 5.74) is 4.09. The van der Waals surface area contributed by atoms with Crippen LogP contribution in [0, 0.1) is 17.4 Å². The van der Waals surface area contributed by atoms with Gasteiger partial charge in [-0.15, -0.1) is 5.10 Å². The molecule has 1 heterocycles. The van der Waals surface area contributed by atoms with Crippen LogP contribution in [-0.2, 0) is 6.42 Å². The van der Waals surface area contributed by atoms with Crippen molar-refractivity contribution in [3.8, 4) is 0 Å². The third-order valence-corrected chi connectivity index (χ3v) is 4.59. The average Bonchev–Trinajstić information content (AvgIpc) is 2.97. The van der Waals surface area contributed by atoms with Gasteiger partial charge in [0.25, 0.3) is 5.91 Å². The van der Waals surface area contributed by atoms with Crippen LogP contribution in [-0.4, -0.2) is 16.1 Å². The van der Waals surface area contributed by atoms with Gasteiger partial charge < -0.3 is 4.42 Å². The molecule has 5 nitrogen and oxygen atoms in total. The van der Waals surface area contributed by atoms with Crippen molar-refractivity contribution in [2.45, 2.75) is 20.3 Å². The monoisotopic (exact) mass is 433 g/mol. The zero-order valence-corrected chi connectivity index (χ0v) is 15.5. The Labute approximate surface area is 153 Å². The third-order valence-electron chi connectivity index (χ3n) is 3.65. The van der Waals surface area contributed by atoms with E-state index in [1.807, 2.05) is 18.2 Å². The lowest BCUT2D eigenvalue weighted by atomic mass is 10.0. The fourth-order valence-corrected chi connectivity index (χ4v) is 3.02. The first-order valence-corrected chi connectivity index (χ1v) is 8.55. The Bertz CT molecular complexity index is 889. The molecule has 6 heteroatoms. The quantitative estimate of drug-likeness (QED) is 0.629. The van der Waals surface area contributed by atoms with Gasteiger partial charge in [-0.25, -0.2) is 0 Å².